The predicted molar refractivity (Wildman–Crippen MR) is 104 cm³/mol. The second kappa shape index (κ2) is 7.36. The van der Waals surface area contributed by atoms with Gasteiger partial charge in [-0.1, -0.05) is 48.8 Å². The molecule has 0 N–H and O–H groups in total. The van der Waals surface area contributed by atoms with Gasteiger partial charge in [0.2, 0.25) is 11.7 Å². The summed E-state index contributed by atoms with van der Waals surface area (Å²) in [7, 11) is -2.95. The topological polar surface area (TPSA) is 76.3 Å². The molecule has 1 saturated heterocycles. The Labute approximate surface area is 160 Å². The molecule has 0 unspecified atom stereocenters. The Hall–Kier alpha value is -1.73. The highest BCUT2D eigenvalue weighted by Crippen LogP contribution is 2.50. The number of nitrogens with zero attached hydrogens (tertiary/aromatic N) is 3. The van der Waals surface area contributed by atoms with Crippen LogP contribution in [0.1, 0.15) is 38.5 Å². The zero-order valence-corrected chi connectivity index (χ0v) is 16.6. The highest BCUT2D eigenvalue weighted by Gasteiger charge is 2.54. The van der Waals surface area contributed by atoms with Crippen molar-refractivity contribution in [3.05, 3.63) is 36.2 Å². The van der Waals surface area contributed by atoms with Gasteiger partial charge >= 0.3 is 0 Å². The van der Waals surface area contributed by atoms with Crippen molar-refractivity contribution in [3.8, 4) is 11.4 Å². The van der Waals surface area contributed by atoms with Crippen LogP contribution in [0.15, 0.2) is 34.9 Å². The minimum atomic E-state index is -2.95. The van der Waals surface area contributed by atoms with Crippen LogP contribution in [0.5, 0.6) is 0 Å². The number of rotatable bonds is 7. The molecule has 4 rings (SSSR count). The number of benzene rings is 1. The van der Waals surface area contributed by atoms with Crippen LogP contribution in [-0.4, -0.2) is 54.6 Å². The van der Waals surface area contributed by atoms with Gasteiger partial charge < -0.3 is 9.42 Å². The van der Waals surface area contributed by atoms with Crippen molar-refractivity contribution >= 4 is 9.84 Å². The van der Waals surface area contributed by atoms with Gasteiger partial charge in [-0.2, -0.15) is 4.98 Å². The Bertz CT molecular complexity index is 881. The molecule has 1 aromatic heterocycles. The first-order chi connectivity index (χ1) is 13.0. The molecule has 2 heterocycles. The van der Waals surface area contributed by atoms with Gasteiger partial charge in [-0.3, -0.25) is 0 Å². The molecule has 0 radical (unpaired) electrons. The van der Waals surface area contributed by atoms with E-state index in [0.29, 0.717) is 24.7 Å². The quantitative estimate of drug-likeness (QED) is 0.725. The largest absolute Gasteiger partial charge is 0.338 e. The monoisotopic (exact) mass is 389 g/mol. The van der Waals surface area contributed by atoms with Crippen molar-refractivity contribution in [1.82, 2.24) is 15.0 Å². The fourth-order valence-electron chi connectivity index (χ4n) is 4.72. The van der Waals surface area contributed by atoms with Crippen molar-refractivity contribution in [2.45, 2.75) is 38.0 Å². The lowest BCUT2D eigenvalue weighted by Crippen LogP contribution is -2.34. The van der Waals surface area contributed by atoms with Gasteiger partial charge in [0.25, 0.3) is 0 Å². The summed E-state index contributed by atoms with van der Waals surface area (Å²) in [5.74, 6) is 2.34. The summed E-state index contributed by atoms with van der Waals surface area (Å²) < 4.78 is 29.9. The molecule has 2 fully saturated rings. The van der Waals surface area contributed by atoms with Gasteiger partial charge in [-0.05, 0) is 25.2 Å². The van der Waals surface area contributed by atoms with Gasteiger partial charge in [-0.25, -0.2) is 8.42 Å². The summed E-state index contributed by atoms with van der Waals surface area (Å²) in [6.07, 6.45) is 4.02. The molecule has 1 aromatic carbocycles. The standard InChI is InChI=1S/C20H27N3O3S/c1-2-12-27(24,25)13-11-23-14-17-9-6-10-20(17,15-23)19-21-18(22-26-19)16-7-4-3-5-8-16/h3-5,7-8,17H,2,6,9-15H2,1H3/t17-,20-/m1/s1. The van der Waals surface area contributed by atoms with Crippen LogP contribution in [0.25, 0.3) is 11.4 Å². The lowest BCUT2D eigenvalue weighted by atomic mass is 9.80. The third-order valence-corrected chi connectivity index (χ3v) is 7.89. The molecular formula is C20H27N3O3S. The normalized spacial score (nSPS) is 25.7. The number of likely N-dealkylation sites (tertiary alicyclic amines) is 1. The fraction of sp³-hybridized carbons (Fsp3) is 0.600. The average molecular weight is 390 g/mol. The van der Waals surface area contributed by atoms with Gasteiger partial charge in [0.15, 0.2) is 9.84 Å². The lowest BCUT2D eigenvalue weighted by Gasteiger charge is -2.24. The number of fused-ring (bicyclic) bond motifs is 1. The van der Waals surface area contributed by atoms with Crippen LogP contribution < -0.4 is 0 Å². The molecule has 1 saturated carbocycles. The van der Waals surface area contributed by atoms with Gasteiger partial charge in [0.05, 0.1) is 11.2 Å². The van der Waals surface area contributed by atoms with E-state index in [-0.39, 0.29) is 16.9 Å². The number of sulfone groups is 1. The molecular weight excluding hydrogens is 362 g/mol. The van der Waals surface area contributed by atoms with Gasteiger partial charge in [0.1, 0.15) is 0 Å². The van der Waals surface area contributed by atoms with Crippen molar-refractivity contribution < 1.29 is 12.9 Å². The lowest BCUT2D eigenvalue weighted by molar-refractivity contribution is 0.251. The van der Waals surface area contributed by atoms with E-state index in [1.165, 1.54) is 0 Å². The van der Waals surface area contributed by atoms with Crippen LogP contribution in [0.4, 0.5) is 0 Å². The van der Waals surface area contributed by atoms with E-state index in [2.05, 4.69) is 10.1 Å². The molecule has 146 valence electrons. The molecule has 7 heteroatoms. The first-order valence-corrected chi connectivity index (χ1v) is 11.7. The minimum absolute atomic E-state index is 0.117. The maximum Gasteiger partial charge on any atom is 0.234 e. The average Bonchev–Trinajstić information content (AvgIpc) is 3.35. The van der Waals surface area contributed by atoms with Gasteiger partial charge in [-0.15, -0.1) is 0 Å². The first kappa shape index (κ1) is 18.6. The number of aromatic nitrogens is 2. The maximum absolute atomic E-state index is 12.1. The van der Waals surface area contributed by atoms with Crippen LogP contribution in [0.3, 0.4) is 0 Å². The molecule has 27 heavy (non-hydrogen) atoms. The van der Waals surface area contributed by atoms with Crippen molar-refractivity contribution in [2.24, 2.45) is 5.92 Å². The fourth-order valence-corrected chi connectivity index (χ4v) is 6.09. The third kappa shape index (κ3) is 3.67. The van der Waals surface area contributed by atoms with Crippen molar-refractivity contribution in [2.75, 3.05) is 31.1 Å². The zero-order chi connectivity index (χ0) is 18.9. The van der Waals surface area contributed by atoms with Crippen LogP contribution in [0.2, 0.25) is 0 Å². The second-order valence-corrected chi connectivity index (χ2v) is 10.2. The SMILES string of the molecule is CCCS(=O)(=O)CCN1C[C@H]2CCC[C@@]2(c2nc(-c3ccccc3)no2)C1. The molecule has 0 amide bonds. The summed E-state index contributed by atoms with van der Waals surface area (Å²) in [6.45, 7) is 4.24. The number of hydrogen-bond donors (Lipinski definition) is 0. The molecule has 2 aromatic rings. The van der Waals surface area contributed by atoms with E-state index in [0.717, 1.165) is 43.8 Å². The van der Waals surface area contributed by atoms with E-state index in [9.17, 15) is 8.42 Å². The van der Waals surface area contributed by atoms with E-state index in [1.807, 2.05) is 37.3 Å². The molecule has 6 nitrogen and oxygen atoms in total. The van der Waals surface area contributed by atoms with E-state index in [1.54, 1.807) is 0 Å². The summed E-state index contributed by atoms with van der Waals surface area (Å²) in [4.78, 5) is 7.03. The summed E-state index contributed by atoms with van der Waals surface area (Å²) in [6, 6.07) is 9.87. The summed E-state index contributed by atoms with van der Waals surface area (Å²) in [5, 5.41) is 4.22. The van der Waals surface area contributed by atoms with Crippen LogP contribution >= 0.6 is 0 Å². The number of hydrogen-bond acceptors (Lipinski definition) is 6. The molecule has 0 spiro atoms. The molecule has 2 aliphatic rings. The highest BCUT2D eigenvalue weighted by atomic mass is 32.2. The Kier molecular flexibility index (Phi) is 5.07. The van der Waals surface area contributed by atoms with Crippen LogP contribution in [0, 0.1) is 5.92 Å². The Morgan fingerprint density at radius 2 is 2.07 bits per heavy atom. The molecule has 1 aliphatic heterocycles. The highest BCUT2D eigenvalue weighted by molar-refractivity contribution is 7.91. The zero-order valence-electron chi connectivity index (χ0n) is 15.8. The molecule has 2 atom stereocenters. The Morgan fingerprint density at radius 3 is 2.85 bits per heavy atom. The van der Waals surface area contributed by atoms with Crippen LogP contribution in [-0.2, 0) is 15.3 Å². The van der Waals surface area contributed by atoms with Crippen molar-refractivity contribution in [3.63, 3.8) is 0 Å². The Balaban J connectivity index is 1.51. The predicted octanol–water partition coefficient (Wildman–Crippen LogP) is 2.91. The second-order valence-electron chi connectivity index (χ2n) is 7.92. The van der Waals surface area contributed by atoms with E-state index >= 15 is 0 Å². The van der Waals surface area contributed by atoms with Crippen molar-refractivity contribution in [1.29, 1.82) is 0 Å². The smallest absolute Gasteiger partial charge is 0.234 e. The Morgan fingerprint density at radius 1 is 1.26 bits per heavy atom. The first-order valence-electron chi connectivity index (χ1n) is 9.85. The maximum atomic E-state index is 12.1. The minimum Gasteiger partial charge on any atom is -0.338 e. The van der Waals surface area contributed by atoms with E-state index < -0.39 is 9.84 Å². The third-order valence-electron chi connectivity index (χ3n) is 6.06. The van der Waals surface area contributed by atoms with E-state index in [4.69, 9.17) is 9.51 Å². The van der Waals surface area contributed by atoms with Gasteiger partial charge in [0, 0.05) is 31.0 Å². The molecule has 1 aliphatic carbocycles. The molecule has 0 bridgehead atoms. The summed E-state index contributed by atoms with van der Waals surface area (Å²) in [5.41, 5.74) is 0.841. The summed E-state index contributed by atoms with van der Waals surface area (Å²) >= 11 is 0.